The van der Waals surface area contributed by atoms with Gasteiger partial charge < -0.3 is 15.0 Å². The van der Waals surface area contributed by atoms with Crippen LogP contribution in [0.3, 0.4) is 0 Å². The molecule has 0 radical (unpaired) electrons. The molecule has 1 amide bonds. The van der Waals surface area contributed by atoms with E-state index in [0.29, 0.717) is 30.2 Å². The molecule has 1 aliphatic rings. The van der Waals surface area contributed by atoms with E-state index in [9.17, 15) is 9.90 Å². The first-order chi connectivity index (χ1) is 7.58. The summed E-state index contributed by atoms with van der Waals surface area (Å²) in [6, 6.07) is 1.62. The number of carbonyl (C=O) groups excluding carboxylic acids is 1. The minimum atomic E-state index is -0.295. The molecule has 2 N–H and O–H groups in total. The number of aliphatic hydroxyl groups is 1. The second kappa shape index (κ2) is 4.47. The molecule has 0 bridgehead atoms. The Labute approximate surface area is 99.2 Å². The van der Waals surface area contributed by atoms with Gasteiger partial charge in [-0.2, -0.15) is 0 Å². The van der Waals surface area contributed by atoms with Crippen LogP contribution < -0.4 is 0 Å². The molecule has 16 heavy (non-hydrogen) atoms. The number of H-pyrrole nitrogens is 1. The molecule has 1 saturated heterocycles. The summed E-state index contributed by atoms with van der Waals surface area (Å²) in [5, 5.41) is 10.1. The molecular weight excluding hydrogens is 228 g/mol. The Hall–Kier alpha value is -1.00. The van der Waals surface area contributed by atoms with Gasteiger partial charge in [-0.1, -0.05) is 18.5 Å². The Kier molecular flexibility index (Phi) is 3.21. The van der Waals surface area contributed by atoms with Crippen LogP contribution in [0.1, 0.15) is 23.8 Å². The Balaban J connectivity index is 2.06. The zero-order valence-corrected chi connectivity index (χ0v) is 9.87. The van der Waals surface area contributed by atoms with Crippen LogP contribution in [0.25, 0.3) is 0 Å². The molecule has 0 spiro atoms. The van der Waals surface area contributed by atoms with Crippen LogP contribution in [0.15, 0.2) is 12.3 Å². The lowest BCUT2D eigenvalue weighted by atomic mass is 9.96. The third-order valence-electron chi connectivity index (χ3n) is 3.03. The molecule has 5 heteroatoms. The maximum absolute atomic E-state index is 12.0. The fourth-order valence-electron chi connectivity index (χ4n) is 1.98. The van der Waals surface area contributed by atoms with E-state index in [1.54, 1.807) is 17.2 Å². The minimum absolute atomic E-state index is 0.0503. The number of piperidine rings is 1. The Morgan fingerprint density at radius 3 is 3.00 bits per heavy atom. The monoisotopic (exact) mass is 242 g/mol. The van der Waals surface area contributed by atoms with Crippen LogP contribution in [-0.4, -0.2) is 40.1 Å². The highest BCUT2D eigenvalue weighted by molar-refractivity contribution is 6.30. The van der Waals surface area contributed by atoms with E-state index in [1.165, 1.54) is 0 Å². The van der Waals surface area contributed by atoms with Crippen molar-refractivity contribution >= 4 is 17.5 Å². The quantitative estimate of drug-likeness (QED) is 0.784. The average Bonchev–Trinajstić information content (AvgIpc) is 2.68. The maximum atomic E-state index is 12.0. The van der Waals surface area contributed by atoms with Crippen LogP contribution >= 0.6 is 11.6 Å². The molecule has 1 aromatic heterocycles. The van der Waals surface area contributed by atoms with Crippen LogP contribution in [0, 0.1) is 5.92 Å². The smallest absolute Gasteiger partial charge is 0.270 e. The van der Waals surface area contributed by atoms with Crippen molar-refractivity contribution in [2.45, 2.75) is 19.4 Å². The number of nitrogens with one attached hydrogen (secondary N) is 1. The van der Waals surface area contributed by atoms with Gasteiger partial charge in [0.1, 0.15) is 5.69 Å². The first-order valence-electron chi connectivity index (χ1n) is 5.39. The van der Waals surface area contributed by atoms with E-state index in [2.05, 4.69) is 4.98 Å². The molecule has 0 aromatic carbocycles. The highest BCUT2D eigenvalue weighted by Gasteiger charge is 2.28. The van der Waals surface area contributed by atoms with Gasteiger partial charge in [0.05, 0.1) is 11.1 Å². The molecule has 2 atom stereocenters. The molecule has 4 nitrogen and oxygen atoms in total. The summed E-state index contributed by atoms with van der Waals surface area (Å²) in [5.41, 5.74) is 0.508. The van der Waals surface area contributed by atoms with Gasteiger partial charge in [0.15, 0.2) is 0 Å². The lowest BCUT2D eigenvalue weighted by molar-refractivity contribution is 0.0294. The van der Waals surface area contributed by atoms with Crippen molar-refractivity contribution in [3.8, 4) is 0 Å². The number of nitrogens with zero attached hydrogens (tertiary/aromatic N) is 1. The van der Waals surface area contributed by atoms with Crippen LogP contribution in [0.5, 0.6) is 0 Å². The predicted molar refractivity (Wildman–Crippen MR) is 61.5 cm³/mol. The van der Waals surface area contributed by atoms with Gasteiger partial charge in [-0.25, -0.2) is 0 Å². The van der Waals surface area contributed by atoms with E-state index in [0.717, 1.165) is 0 Å². The number of aliphatic hydroxyl groups excluding tert-OH is 1. The van der Waals surface area contributed by atoms with Crippen molar-refractivity contribution in [1.29, 1.82) is 0 Å². The van der Waals surface area contributed by atoms with Gasteiger partial charge in [-0.15, -0.1) is 0 Å². The molecule has 2 rings (SSSR count). The second-order valence-corrected chi connectivity index (χ2v) is 4.75. The van der Waals surface area contributed by atoms with E-state index in [-0.39, 0.29) is 17.9 Å². The summed E-state index contributed by atoms with van der Waals surface area (Å²) < 4.78 is 0. The van der Waals surface area contributed by atoms with Gasteiger partial charge in [0.2, 0.25) is 0 Å². The number of hydrogen-bond acceptors (Lipinski definition) is 2. The largest absolute Gasteiger partial charge is 0.393 e. The van der Waals surface area contributed by atoms with Gasteiger partial charge in [0.25, 0.3) is 5.91 Å². The summed E-state index contributed by atoms with van der Waals surface area (Å²) in [5.74, 6) is 0.0776. The van der Waals surface area contributed by atoms with Gasteiger partial charge in [0, 0.05) is 19.3 Å². The second-order valence-electron chi connectivity index (χ2n) is 4.32. The fraction of sp³-hybridized carbons (Fsp3) is 0.545. The number of aromatic nitrogens is 1. The minimum Gasteiger partial charge on any atom is -0.393 e. The summed E-state index contributed by atoms with van der Waals surface area (Å²) >= 11 is 5.75. The van der Waals surface area contributed by atoms with Crippen LogP contribution in [0.4, 0.5) is 0 Å². The van der Waals surface area contributed by atoms with Crippen molar-refractivity contribution in [3.05, 3.63) is 23.0 Å². The highest BCUT2D eigenvalue weighted by atomic mass is 35.5. The topological polar surface area (TPSA) is 56.3 Å². The van der Waals surface area contributed by atoms with E-state index < -0.39 is 0 Å². The van der Waals surface area contributed by atoms with Crippen LogP contribution in [0.2, 0.25) is 5.02 Å². The van der Waals surface area contributed by atoms with Crippen LogP contribution in [-0.2, 0) is 0 Å². The first kappa shape index (κ1) is 11.5. The molecule has 1 aromatic rings. The van der Waals surface area contributed by atoms with Gasteiger partial charge >= 0.3 is 0 Å². The third-order valence-corrected chi connectivity index (χ3v) is 3.24. The van der Waals surface area contributed by atoms with Crippen molar-refractivity contribution in [1.82, 2.24) is 9.88 Å². The molecule has 0 saturated carbocycles. The fourth-order valence-corrected chi connectivity index (χ4v) is 2.14. The molecule has 2 unspecified atom stereocenters. The number of rotatable bonds is 1. The number of aromatic amines is 1. The van der Waals surface area contributed by atoms with Crippen molar-refractivity contribution in [3.63, 3.8) is 0 Å². The molecule has 88 valence electrons. The summed E-state index contributed by atoms with van der Waals surface area (Å²) in [7, 11) is 0. The average molecular weight is 243 g/mol. The molecule has 0 aliphatic carbocycles. The normalized spacial score (nSPS) is 25.8. The van der Waals surface area contributed by atoms with Crippen molar-refractivity contribution in [2.75, 3.05) is 13.1 Å². The number of hydrogen-bond donors (Lipinski definition) is 2. The Bertz CT molecular complexity index is 391. The standard InChI is InChI=1S/C11H15ClN2O2/c1-7-6-14(3-2-10(7)15)11(16)9-4-8(12)5-13-9/h4-5,7,10,13,15H,2-3,6H2,1H3. The molecular formula is C11H15ClN2O2. The highest BCUT2D eigenvalue weighted by Crippen LogP contribution is 2.19. The predicted octanol–water partition coefficient (Wildman–Crippen LogP) is 1.51. The van der Waals surface area contributed by atoms with Crippen molar-refractivity contribution < 1.29 is 9.90 Å². The summed E-state index contributed by atoms with van der Waals surface area (Å²) in [4.78, 5) is 16.6. The van der Waals surface area contributed by atoms with E-state index in [1.807, 2.05) is 6.92 Å². The maximum Gasteiger partial charge on any atom is 0.270 e. The lowest BCUT2D eigenvalue weighted by Gasteiger charge is -2.34. The zero-order chi connectivity index (χ0) is 11.7. The van der Waals surface area contributed by atoms with E-state index >= 15 is 0 Å². The van der Waals surface area contributed by atoms with Gasteiger partial charge in [-0.3, -0.25) is 4.79 Å². The molecule has 1 aliphatic heterocycles. The zero-order valence-electron chi connectivity index (χ0n) is 9.11. The Morgan fingerprint density at radius 2 is 2.44 bits per heavy atom. The number of halogens is 1. The SMILES string of the molecule is CC1CN(C(=O)c2cc(Cl)c[nH]2)CCC1O. The number of carbonyl (C=O) groups is 1. The first-order valence-corrected chi connectivity index (χ1v) is 5.77. The third kappa shape index (κ3) is 2.23. The van der Waals surface area contributed by atoms with E-state index in [4.69, 9.17) is 11.6 Å². The molecule has 1 fully saturated rings. The molecule has 2 heterocycles. The Morgan fingerprint density at radius 1 is 1.69 bits per heavy atom. The van der Waals surface area contributed by atoms with Gasteiger partial charge in [-0.05, 0) is 18.4 Å². The van der Waals surface area contributed by atoms with Crippen molar-refractivity contribution in [2.24, 2.45) is 5.92 Å². The summed E-state index contributed by atoms with van der Waals surface area (Å²) in [6.45, 7) is 3.14. The lowest BCUT2D eigenvalue weighted by Crippen LogP contribution is -2.45. The number of likely N-dealkylation sites (tertiary alicyclic amines) is 1. The number of amides is 1. The summed E-state index contributed by atoms with van der Waals surface area (Å²) in [6.07, 6.45) is 1.94.